The second-order valence-corrected chi connectivity index (χ2v) is 13.6. The number of hydrogen-bond acceptors (Lipinski definition) is 4. The lowest BCUT2D eigenvalue weighted by Gasteiger charge is -2.38. The number of carbonyl (C=O) groups is 1. The lowest BCUT2D eigenvalue weighted by molar-refractivity contribution is -0.175. The Hall–Kier alpha value is -2.79. The van der Waals surface area contributed by atoms with Crippen LogP contribution in [0.1, 0.15) is 48.9 Å². The molecule has 1 heterocycles. The van der Waals surface area contributed by atoms with E-state index in [0.29, 0.717) is 33.2 Å². The van der Waals surface area contributed by atoms with E-state index in [-0.39, 0.29) is 18.0 Å². The molecule has 1 aliphatic heterocycles. The summed E-state index contributed by atoms with van der Waals surface area (Å²) in [4.78, 5) is 12.5. The average molecular weight is 694 g/mol. The van der Waals surface area contributed by atoms with Crippen molar-refractivity contribution in [2.75, 3.05) is 21.9 Å². The van der Waals surface area contributed by atoms with Gasteiger partial charge < -0.3 is 4.74 Å². The molecule has 4 rings (SSSR count). The summed E-state index contributed by atoms with van der Waals surface area (Å²) in [6.07, 6.45) is -0.486. The van der Waals surface area contributed by atoms with E-state index in [1.165, 1.54) is 23.4 Å². The van der Waals surface area contributed by atoms with Gasteiger partial charge in [0.05, 0.1) is 17.2 Å². The van der Waals surface area contributed by atoms with Gasteiger partial charge in [-0.15, -0.1) is 0 Å². The molecule has 218 valence electrons. The number of para-hydroxylation sites is 1. The molecular weight excluding hydrogens is 659 g/mol. The molecule has 0 bridgehead atoms. The second-order valence-electron chi connectivity index (χ2n) is 10.7. The number of ether oxygens (including phenoxy) is 1. The summed E-state index contributed by atoms with van der Waals surface area (Å²) in [6, 6.07) is 21.4. The number of anilines is 1. The number of aryl methyl sites for hydroxylation is 2. The molecule has 0 aliphatic carbocycles. The highest BCUT2D eigenvalue weighted by Crippen LogP contribution is 2.51. The van der Waals surface area contributed by atoms with Crippen LogP contribution in [0.4, 0.5) is 14.5 Å². The smallest absolute Gasteiger partial charge is 0.376 e. The monoisotopic (exact) mass is 693 g/mol. The quantitative estimate of drug-likeness (QED) is 0.131. The van der Waals surface area contributed by atoms with Crippen molar-refractivity contribution in [2.45, 2.75) is 51.4 Å². The maximum atomic E-state index is 15.6. The number of alkyl halides is 3. The third-order valence-corrected chi connectivity index (χ3v) is 9.76. The van der Waals surface area contributed by atoms with Crippen molar-refractivity contribution in [3.8, 4) is 0 Å². The van der Waals surface area contributed by atoms with Gasteiger partial charge in [-0.05, 0) is 56.5 Å². The Morgan fingerprint density at radius 2 is 1.59 bits per heavy atom. The van der Waals surface area contributed by atoms with Gasteiger partial charge in [-0.1, -0.05) is 101 Å². The number of rotatable bonds is 9. The van der Waals surface area contributed by atoms with Crippen molar-refractivity contribution in [2.24, 2.45) is 5.41 Å². The maximum absolute atomic E-state index is 15.6. The third kappa shape index (κ3) is 6.35. The molecule has 5 nitrogen and oxygen atoms in total. The number of nitrogens with zero attached hydrogens (tertiary/aromatic N) is 1. The zero-order chi connectivity index (χ0) is 30.0. The second kappa shape index (κ2) is 12.2. The van der Waals surface area contributed by atoms with Gasteiger partial charge in [0.1, 0.15) is 0 Å². The van der Waals surface area contributed by atoms with Crippen molar-refractivity contribution < 1.29 is 26.7 Å². The Labute approximate surface area is 254 Å². The number of hydrogen-bond donors (Lipinski definition) is 0. The molecule has 0 aromatic heterocycles. The van der Waals surface area contributed by atoms with Gasteiger partial charge in [-0.2, -0.15) is 8.78 Å². The standard InChI is InChI=1S/C32H34F2INO4S/c1-5-40-30(37)32(33,34)20-31(4)21-36(41(38,39)25-16-12-23(3)13-17-25)28-9-7-6-8-26(28)29(27(31)18-19-35)24-14-10-22(2)11-15-24/h6-17H,5,18-21H2,1-4H3. The largest absolute Gasteiger partial charge is 0.462 e. The Morgan fingerprint density at radius 3 is 2.17 bits per heavy atom. The number of esters is 1. The van der Waals surface area contributed by atoms with Gasteiger partial charge in [0.2, 0.25) is 0 Å². The van der Waals surface area contributed by atoms with Crippen LogP contribution < -0.4 is 4.31 Å². The fourth-order valence-corrected chi connectivity index (χ4v) is 7.60. The summed E-state index contributed by atoms with van der Waals surface area (Å²) in [7, 11) is -4.18. The molecule has 3 aromatic carbocycles. The van der Waals surface area contributed by atoms with Crippen molar-refractivity contribution >= 4 is 49.8 Å². The zero-order valence-corrected chi connectivity index (χ0v) is 26.6. The maximum Gasteiger partial charge on any atom is 0.376 e. The van der Waals surface area contributed by atoms with E-state index < -0.39 is 33.8 Å². The van der Waals surface area contributed by atoms with E-state index in [4.69, 9.17) is 4.74 Å². The average Bonchev–Trinajstić information content (AvgIpc) is 3.03. The highest BCUT2D eigenvalue weighted by atomic mass is 127. The zero-order valence-electron chi connectivity index (χ0n) is 23.6. The van der Waals surface area contributed by atoms with Crippen LogP contribution in [0.5, 0.6) is 0 Å². The molecule has 9 heteroatoms. The van der Waals surface area contributed by atoms with Crippen LogP contribution in [-0.2, 0) is 19.6 Å². The van der Waals surface area contributed by atoms with Gasteiger partial charge in [0.15, 0.2) is 0 Å². The number of carbonyl (C=O) groups excluding carboxylic acids is 1. The molecule has 0 N–H and O–H groups in total. The molecule has 0 radical (unpaired) electrons. The van der Waals surface area contributed by atoms with Crippen LogP contribution in [0.15, 0.2) is 83.3 Å². The highest BCUT2D eigenvalue weighted by Gasteiger charge is 2.51. The number of fused-ring (bicyclic) bond motifs is 1. The molecule has 0 amide bonds. The van der Waals surface area contributed by atoms with E-state index in [1.807, 2.05) is 50.2 Å². The van der Waals surface area contributed by atoms with Crippen LogP contribution >= 0.6 is 22.6 Å². The van der Waals surface area contributed by atoms with E-state index in [2.05, 4.69) is 22.6 Å². The minimum atomic E-state index is -4.18. The first-order valence-corrected chi connectivity index (χ1v) is 16.4. The topological polar surface area (TPSA) is 63.7 Å². The Kier molecular flexibility index (Phi) is 9.28. The van der Waals surface area contributed by atoms with Crippen molar-refractivity contribution in [1.29, 1.82) is 0 Å². The fraction of sp³-hybridized carbons (Fsp3) is 0.344. The Balaban J connectivity index is 2.05. The number of benzene rings is 3. The van der Waals surface area contributed by atoms with Crippen LogP contribution in [0.25, 0.3) is 5.57 Å². The first kappa shape index (κ1) is 31.2. The van der Waals surface area contributed by atoms with Crippen LogP contribution in [0.3, 0.4) is 0 Å². The molecule has 0 saturated heterocycles. The third-order valence-electron chi connectivity index (χ3n) is 7.44. The van der Waals surface area contributed by atoms with Gasteiger partial charge in [0, 0.05) is 28.4 Å². The summed E-state index contributed by atoms with van der Waals surface area (Å²) in [5.41, 5.74) is 3.71. The molecule has 41 heavy (non-hydrogen) atoms. The van der Waals surface area contributed by atoms with E-state index in [0.717, 1.165) is 16.7 Å². The fourth-order valence-electron chi connectivity index (χ4n) is 5.45. The SMILES string of the molecule is CCOC(=O)C(F)(F)CC1(C)CN(S(=O)(=O)c2ccc(C)cc2)c2ccccc2C(c2ccc(C)cc2)=C1CCI. The molecule has 0 saturated carbocycles. The Bertz CT molecular complexity index is 1550. The minimum Gasteiger partial charge on any atom is -0.462 e. The van der Waals surface area contributed by atoms with Crippen molar-refractivity contribution in [3.05, 3.63) is 101 Å². The van der Waals surface area contributed by atoms with Gasteiger partial charge in [-0.3, -0.25) is 4.31 Å². The van der Waals surface area contributed by atoms with Crippen LogP contribution in [0.2, 0.25) is 0 Å². The van der Waals surface area contributed by atoms with Crippen LogP contribution in [-0.4, -0.2) is 37.9 Å². The van der Waals surface area contributed by atoms with Gasteiger partial charge in [0.25, 0.3) is 10.0 Å². The molecule has 0 spiro atoms. The van der Waals surface area contributed by atoms with Gasteiger partial charge >= 0.3 is 11.9 Å². The molecule has 0 fully saturated rings. The van der Waals surface area contributed by atoms with E-state index in [9.17, 15) is 13.2 Å². The molecule has 1 atom stereocenters. The normalized spacial score (nSPS) is 17.7. The number of halogens is 3. The summed E-state index contributed by atoms with van der Waals surface area (Å²) in [6.45, 7) is 6.47. The first-order chi connectivity index (χ1) is 19.3. The van der Waals surface area contributed by atoms with E-state index >= 15 is 8.78 Å². The van der Waals surface area contributed by atoms with E-state index in [1.54, 1.807) is 31.2 Å². The predicted molar refractivity (Wildman–Crippen MR) is 167 cm³/mol. The molecule has 1 unspecified atom stereocenters. The summed E-state index contributed by atoms with van der Waals surface area (Å²) in [5.74, 6) is -5.45. The summed E-state index contributed by atoms with van der Waals surface area (Å²) >= 11 is 2.21. The lowest BCUT2D eigenvalue weighted by Crippen LogP contribution is -2.45. The highest BCUT2D eigenvalue weighted by molar-refractivity contribution is 14.1. The Morgan fingerprint density at radius 1 is 1.00 bits per heavy atom. The van der Waals surface area contributed by atoms with Gasteiger partial charge in [-0.25, -0.2) is 13.2 Å². The summed E-state index contributed by atoms with van der Waals surface area (Å²) < 4.78 is 66.4. The lowest BCUT2D eigenvalue weighted by atomic mass is 9.72. The summed E-state index contributed by atoms with van der Waals surface area (Å²) in [5, 5.41) is 0. The van der Waals surface area contributed by atoms with Crippen LogP contribution in [0, 0.1) is 19.3 Å². The molecular formula is C32H34F2INO4S. The first-order valence-electron chi connectivity index (χ1n) is 13.4. The van der Waals surface area contributed by atoms with Crippen molar-refractivity contribution in [1.82, 2.24) is 0 Å². The minimum absolute atomic E-state index is 0.0617. The predicted octanol–water partition coefficient (Wildman–Crippen LogP) is 7.73. The number of sulfonamides is 1. The van der Waals surface area contributed by atoms with Crippen molar-refractivity contribution in [3.63, 3.8) is 0 Å². The molecule has 1 aliphatic rings. The molecule has 3 aromatic rings.